The number of carbonyl (C=O) groups is 1. The highest BCUT2D eigenvalue weighted by atomic mass is 16.6. The zero-order chi connectivity index (χ0) is 12.2. The minimum absolute atomic E-state index is 0.558. The van der Waals surface area contributed by atoms with Crippen molar-refractivity contribution >= 4 is 6.09 Å². The minimum Gasteiger partial charge on any atom is -0.443 e. The van der Waals surface area contributed by atoms with Gasteiger partial charge in [-0.25, -0.2) is 4.79 Å². The summed E-state index contributed by atoms with van der Waals surface area (Å²) in [6, 6.07) is 8.17. The van der Waals surface area contributed by atoms with E-state index in [9.17, 15) is 4.79 Å². The van der Waals surface area contributed by atoms with E-state index >= 15 is 0 Å². The fourth-order valence-electron chi connectivity index (χ4n) is 1.84. The molecule has 0 aliphatic rings. The van der Waals surface area contributed by atoms with Crippen LogP contribution in [0.1, 0.15) is 31.9 Å². The first kappa shape index (κ1) is 12.6. The second-order valence-electron chi connectivity index (χ2n) is 4.48. The smallest absolute Gasteiger partial charge is 0.405 e. The normalized spacial score (nSPS) is 11.2. The van der Waals surface area contributed by atoms with Crippen LogP contribution in [0.3, 0.4) is 0 Å². The van der Waals surface area contributed by atoms with Gasteiger partial charge in [-0.05, 0) is 31.4 Å². The van der Waals surface area contributed by atoms with E-state index in [0.717, 1.165) is 6.42 Å². The lowest BCUT2D eigenvalue weighted by Gasteiger charge is -2.25. The van der Waals surface area contributed by atoms with Gasteiger partial charge in [0.2, 0.25) is 0 Å². The highest BCUT2D eigenvalue weighted by molar-refractivity contribution is 5.65. The van der Waals surface area contributed by atoms with Gasteiger partial charge in [0.1, 0.15) is 5.60 Å². The van der Waals surface area contributed by atoms with E-state index in [1.807, 2.05) is 26.0 Å². The molecule has 0 aliphatic heterocycles. The highest BCUT2D eigenvalue weighted by Gasteiger charge is 2.23. The number of hydrogen-bond acceptors (Lipinski definition) is 2. The molecule has 88 valence electrons. The summed E-state index contributed by atoms with van der Waals surface area (Å²) in [4.78, 5) is 10.8. The monoisotopic (exact) mass is 221 g/mol. The average molecular weight is 221 g/mol. The molecule has 1 rings (SSSR count). The maximum atomic E-state index is 10.8. The standard InChI is InChI=1S/C13H19NO2/c1-4-10-7-5-6-8-11(10)9-13(2,3)16-12(14)15/h5-8H,4,9H2,1-3H3,(H2,14,15). The van der Waals surface area contributed by atoms with E-state index in [-0.39, 0.29) is 0 Å². The van der Waals surface area contributed by atoms with E-state index in [0.29, 0.717) is 6.42 Å². The van der Waals surface area contributed by atoms with Crippen molar-refractivity contribution in [3.05, 3.63) is 35.4 Å². The summed E-state index contributed by atoms with van der Waals surface area (Å²) < 4.78 is 5.08. The third-order valence-electron chi connectivity index (χ3n) is 2.49. The molecule has 0 atom stereocenters. The van der Waals surface area contributed by atoms with Gasteiger partial charge in [0, 0.05) is 6.42 Å². The molecule has 0 saturated heterocycles. The average Bonchev–Trinajstić information content (AvgIpc) is 2.15. The van der Waals surface area contributed by atoms with Crippen molar-refractivity contribution in [1.82, 2.24) is 0 Å². The van der Waals surface area contributed by atoms with Gasteiger partial charge < -0.3 is 10.5 Å². The van der Waals surface area contributed by atoms with E-state index in [2.05, 4.69) is 19.1 Å². The lowest BCUT2D eigenvalue weighted by Crippen LogP contribution is -2.33. The van der Waals surface area contributed by atoms with Crippen molar-refractivity contribution < 1.29 is 9.53 Å². The third kappa shape index (κ3) is 3.57. The molecule has 16 heavy (non-hydrogen) atoms. The fourth-order valence-corrected chi connectivity index (χ4v) is 1.84. The predicted molar refractivity (Wildman–Crippen MR) is 64.3 cm³/mol. The summed E-state index contributed by atoms with van der Waals surface area (Å²) in [5.41, 5.74) is 6.97. The molecule has 0 aliphatic carbocycles. The SMILES string of the molecule is CCc1ccccc1CC(C)(C)OC(N)=O. The molecule has 3 heteroatoms. The van der Waals surface area contributed by atoms with Crippen LogP contribution in [-0.4, -0.2) is 11.7 Å². The van der Waals surface area contributed by atoms with Gasteiger partial charge in [-0.3, -0.25) is 0 Å². The Hall–Kier alpha value is -1.51. The van der Waals surface area contributed by atoms with Crippen LogP contribution in [0, 0.1) is 0 Å². The second kappa shape index (κ2) is 5.01. The Bertz CT molecular complexity index is 372. The van der Waals surface area contributed by atoms with Crippen LogP contribution in [0.4, 0.5) is 4.79 Å². The topological polar surface area (TPSA) is 52.3 Å². The number of benzene rings is 1. The van der Waals surface area contributed by atoms with Crippen molar-refractivity contribution in [3.63, 3.8) is 0 Å². The van der Waals surface area contributed by atoms with Crippen LogP contribution in [0.2, 0.25) is 0 Å². The van der Waals surface area contributed by atoms with Gasteiger partial charge in [0.15, 0.2) is 0 Å². The molecule has 0 spiro atoms. The predicted octanol–water partition coefficient (Wildman–Crippen LogP) is 2.67. The third-order valence-corrected chi connectivity index (χ3v) is 2.49. The first-order chi connectivity index (χ1) is 7.44. The second-order valence-corrected chi connectivity index (χ2v) is 4.48. The summed E-state index contributed by atoms with van der Waals surface area (Å²) in [6.07, 6.45) is 0.932. The van der Waals surface area contributed by atoms with E-state index in [1.54, 1.807) is 0 Å². The summed E-state index contributed by atoms with van der Waals surface area (Å²) in [7, 11) is 0. The molecule has 0 aromatic heterocycles. The number of hydrogen-bond donors (Lipinski definition) is 1. The van der Waals surface area contributed by atoms with Crippen molar-refractivity contribution in [2.75, 3.05) is 0 Å². The minimum atomic E-state index is -0.723. The number of aryl methyl sites for hydroxylation is 1. The van der Waals surface area contributed by atoms with Crippen LogP contribution in [0.15, 0.2) is 24.3 Å². The number of rotatable bonds is 4. The molecular formula is C13H19NO2. The Balaban J connectivity index is 2.82. The fraction of sp³-hybridized carbons (Fsp3) is 0.462. The van der Waals surface area contributed by atoms with Crippen LogP contribution < -0.4 is 5.73 Å². The quantitative estimate of drug-likeness (QED) is 0.849. The van der Waals surface area contributed by atoms with E-state index in [4.69, 9.17) is 10.5 Å². The van der Waals surface area contributed by atoms with Crippen LogP contribution in [0.5, 0.6) is 0 Å². The lowest BCUT2D eigenvalue weighted by molar-refractivity contribution is 0.0459. The molecule has 1 aromatic carbocycles. The Morgan fingerprint density at radius 1 is 1.31 bits per heavy atom. The van der Waals surface area contributed by atoms with E-state index in [1.165, 1.54) is 11.1 Å². The molecule has 1 aromatic rings. The molecule has 2 N–H and O–H groups in total. The zero-order valence-corrected chi connectivity index (χ0v) is 10.1. The molecule has 3 nitrogen and oxygen atoms in total. The summed E-state index contributed by atoms with van der Waals surface area (Å²) in [5, 5.41) is 0. The number of amides is 1. The summed E-state index contributed by atoms with van der Waals surface area (Å²) in [5.74, 6) is 0. The van der Waals surface area contributed by atoms with Crippen LogP contribution in [0.25, 0.3) is 0 Å². The molecular weight excluding hydrogens is 202 g/mol. The molecule has 1 amide bonds. The number of ether oxygens (including phenoxy) is 1. The molecule has 0 heterocycles. The van der Waals surface area contributed by atoms with Gasteiger partial charge in [0.25, 0.3) is 0 Å². The molecule has 0 fully saturated rings. The summed E-state index contributed by atoms with van der Waals surface area (Å²) >= 11 is 0. The van der Waals surface area contributed by atoms with E-state index < -0.39 is 11.7 Å². The van der Waals surface area contributed by atoms with Crippen LogP contribution in [-0.2, 0) is 17.6 Å². The van der Waals surface area contributed by atoms with Gasteiger partial charge in [-0.1, -0.05) is 31.2 Å². The summed E-state index contributed by atoms with van der Waals surface area (Å²) in [6.45, 7) is 5.84. The Morgan fingerprint density at radius 3 is 2.38 bits per heavy atom. The van der Waals surface area contributed by atoms with Gasteiger partial charge in [-0.2, -0.15) is 0 Å². The van der Waals surface area contributed by atoms with Crippen molar-refractivity contribution in [1.29, 1.82) is 0 Å². The Labute approximate surface area is 96.6 Å². The molecule has 0 saturated carbocycles. The van der Waals surface area contributed by atoms with Gasteiger partial charge in [-0.15, -0.1) is 0 Å². The largest absolute Gasteiger partial charge is 0.443 e. The maximum Gasteiger partial charge on any atom is 0.405 e. The highest BCUT2D eigenvalue weighted by Crippen LogP contribution is 2.20. The van der Waals surface area contributed by atoms with Gasteiger partial charge >= 0.3 is 6.09 Å². The number of nitrogens with two attached hydrogens (primary N) is 1. The first-order valence-electron chi connectivity index (χ1n) is 5.50. The van der Waals surface area contributed by atoms with Crippen LogP contribution >= 0.6 is 0 Å². The van der Waals surface area contributed by atoms with Gasteiger partial charge in [0.05, 0.1) is 0 Å². The Kier molecular flexibility index (Phi) is 3.93. The van der Waals surface area contributed by atoms with Crippen molar-refractivity contribution in [3.8, 4) is 0 Å². The Morgan fingerprint density at radius 2 is 1.88 bits per heavy atom. The van der Waals surface area contributed by atoms with Crippen molar-refractivity contribution in [2.45, 2.75) is 39.2 Å². The molecule has 0 bridgehead atoms. The molecule has 0 radical (unpaired) electrons. The zero-order valence-electron chi connectivity index (χ0n) is 10.1. The lowest BCUT2D eigenvalue weighted by atomic mass is 9.93. The first-order valence-corrected chi connectivity index (χ1v) is 5.50. The number of carbonyl (C=O) groups excluding carboxylic acids is 1. The molecule has 0 unspecified atom stereocenters. The van der Waals surface area contributed by atoms with Crippen molar-refractivity contribution in [2.24, 2.45) is 5.73 Å². The number of primary amides is 1. The maximum absolute atomic E-state index is 10.8.